The second-order valence-electron chi connectivity index (χ2n) is 26.8. The molecule has 0 heteroatoms. The van der Waals surface area contributed by atoms with Gasteiger partial charge >= 0.3 is 0 Å². The lowest BCUT2D eigenvalue weighted by Crippen LogP contribution is -2.14. The van der Waals surface area contributed by atoms with Gasteiger partial charge in [0.15, 0.2) is 0 Å². The zero-order valence-electron chi connectivity index (χ0n) is 48.9. The lowest BCUT2D eigenvalue weighted by Gasteiger charge is -2.23. The van der Waals surface area contributed by atoms with Gasteiger partial charge in [-0.2, -0.15) is 0 Å². The summed E-state index contributed by atoms with van der Waals surface area (Å²) < 4.78 is 0. The number of rotatable bonds is 4. The molecule has 0 saturated heterocycles. The fourth-order valence-electron chi connectivity index (χ4n) is 14.7. The zero-order chi connectivity index (χ0) is 56.2. The van der Waals surface area contributed by atoms with Crippen LogP contribution in [0.4, 0.5) is 0 Å². The first-order valence-corrected chi connectivity index (χ1v) is 29.6. The third kappa shape index (κ3) is 7.57. The summed E-state index contributed by atoms with van der Waals surface area (Å²) in [6.07, 6.45) is 0. The Bertz CT molecular complexity index is 4580. The van der Waals surface area contributed by atoms with Crippen LogP contribution in [0.25, 0.3) is 131 Å². The van der Waals surface area contributed by atoms with Gasteiger partial charge in [-0.25, -0.2) is 0 Å². The summed E-state index contributed by atoms with van der Waals surface area (Å²) in [5.74, 6) is 0. The molecule has 14 aromatic carbocycles. The quantitative estimate of drug-likeness (QED) is 0.154. The number of hydrogen-bond acceptors (Lipinski definition) is 0. The van der Waals surface area contributed by atoms with Crippen molar-refractivity contribution in [3.05, 3.63) is 264 Å². The Kier molecular flexibility index (Phi) is 10.9. The summed E-state index contributed by atoms with van der Waals surface area (Å²) in [6, 6.07) is 87.4. The molecule has 0 N–H and O–H groups in total. The summed E-state index contributed by atoms with van der Waals surface area (Å²) in [5, 5.41) is 16.0. The highest BCUT2D eigenvalue weighted by Gasteiger charge is 2.37. The van der Waals surface area contributed by atoms with Gasteiger partial charge in [0.05, 0.1) is 0 Å². The van der Waals surface area contributed by atoms with Crippen molar-refractivity contribution in [3.8, 4) is 66.8 Å². The molecule has 0 unspecified atom stereocenters. The van der Waals surface area contributed by atoms with Gasteiger partial charge in [-0.3, -0.25) is 0 Å². The molecular weight excluding hydrogens is 985 g/mol. The normalized spacial score (nSPS) is 14.2. The van der Waals surface area contributed by atoms with Crippen molar-refractivity contribution in [1.82, 2.24) is 0 Å². The smallest absolute Gasteiger partial charge is 0.0159 e. The van der Waals surface area contributed by atoms with E-state index < -0.39 is 0 Å². The highest BCUT2D eigenvalue weighted by atomic mass is 14.4. The van der Waals surface area contributed by atoms with Gasteiger partial charge in [0.1, 0.15) is 0 Å². The van der Waals surface area contributed by atoms with E-state index >= 15 is 0 Å². The molecule has 0 bridgehead atoms. The minimum atomic E-state index is -0.0214. The fraction of sp³-hybridized carbons (Fsp3) is 0.171. The van der Waals surface area contributed by atoms with Crippen LogP contribution in [0.2, 0.25) is 0 Å². The predicted molar refractivity (Wildman–Crippen MR) is 355 cm³/mol. The van der Waals surface area contributed by atoms with Crippen LogP contribution in [0, 0.1) is 0 Å². The average Bonchev–Trinajstić information content (AvgIpc) is 3.98. The van der Waals surface area contributed by atoms with Crippen LogP contribution < -0.4 is 0 Å². The van der Waals surface area contributed by atoms with Crippen LogP contribution in [-0.2, 0) is 21.7 Å². The molecule has 0 saturated carbocycles. The fourth-order valence-corrected chi connectivity index (χ4v) is 14.7. The minimum Gasteiger partial charge on any atom is -0.0619 e. The highest BCUT2D eigenvalue weighted by molar-refractivity contribution is 6.29. The van der Waals surface area contributed by atoms with Crippen LogP contribution in [-0.4, -0.2) is 0 Å². The van der Waals surface area contributed by atoms with Crippen molar-refractivity contribution in [1.29, 1.82) is 0 Å². The molecule has 2 aliphatic rings. The van der Waals surface area contributed by atoms with Crippen LogP contribution in [0.3, 0.4) is 0 Å². The van der Waals surface area contributed by atoms with Gasteiger partial charge < -0.3 is 0 Å². The maximum absolute atomic E-state index is 2.46. The Balaban J connectivity index is 0.000000145. The molecule has 0 nitrogen and oxygen atoms in total. The second-order valence-corrected chi connectivity index (χ2v) is 26.8. The van der Waals surface area contributed by atoms with Crippen molar-refractivity contribution in [3.63, 3.8) is 0 Å². The number of benzene rings is 14. The van der Waals surface area contributed by atoms with Crippen LogP contribution in [0.5, 0.6) is 0 Å². The second kappa shape index (κ2) is 17.8. The van der Waals surface area contributed by atoms with Gasteiger partial charge in [0, 0.05) is 10.8 Å². The minimum absolute atomic E-state index is 0.0214. The zero-order valence-corrected chi connectivity index (χ0v) is 48.9. The van der Waals surface area contributed by atoms with Crippen molar-refractivity contribution >= 4 is 64.6 Å². The van der Waals surface area contributed by atoms with Crippen LogP contribution in [0.15, 0.2) is 231 Å². The average molecular weight is 1050 g/mol. The van der Waals surface area contributed by atoms with Gasteiger partial charge in [-0.1, -0.05) is 288 Å². The van der Waals surface area contributed by atoms with Gasteiger partial charge in [0.25, 0.3) is 0 Å². The van der Waals surface area contributed by atoms with Crippen molar-refractivity contribution in [2.75, 3.05) is 0 Å². The summed E-state index contributed by atoms with van der Waals surface area (Å²) in [5.41, 5.74) is 24.5. The Morgan fingerprint density at radius 3 is 0.805 bits per heavy atom. The molecule has 0 aromatic heterocycles. The summed E-state index contributed by atoms with van der Waals surface area (Å²) in [6.45, 7) is 23.1. The number of fused-ring (bicyclic) bond motifs is 6. The Hall–Kier alpha value is -8.84. The molecule has 0 atom stereocenters. The van der Waals surface area contributed by atoms with E-state index in [1.165, 1.54) is 165 Å². The van der Waals surface area contributed by atoms with Gasteiger partial charge in [-0.15, -0.1) is 0 Å². The molecule has 0 fully saturated rings. The van der Waals surface area contributed by atoms with Gasteiger partial charge in [-0.05, 0) is 188 Å². The molecule has 2 aliphatic carbocycles. The van der Waals surface area contributed by atoms with Crippen LogP contribution >= 0.6 is 0 Å². The highest BCUT2D eigenvalue weighted by Crippen LogP contribution is 2.53. The first-order chi connectivity index (χ1) is 39.4. The van der Waals surface area contributed by atoms with Crippen molar-refractivity contribution in [2.24, 2.45) is 0 Å². The lowest BCUT2D eigenvalue weighted by atomic mass is 9.80. The van der Waals surface area contributed by atoms with Crippen molar-refractivity contribution < 1.29 is 0 Å². The topological polar surface area (TPSA) is 0 Å². The molecule has 0 aliphatic heterocycles. The molecule has 0 amide bonds. The molecule has 16 rings (SSSR count). The molecular formula is C82H68. The summed E-state index contributed by atoms with van der Waals surface area (Å²) in [4.78, 5) is 0. The molecule has 396 valence electrons. The van der Waals surface area contributed by atoms with E-state index in [1.807, 2.05) is 0 Å². The first-order valence-electron chi connectivity index (χ1n) is 29.6. The maximum atomic E-state index is 2.46. The Morgan fingerprint density at radius 1 is 0.232 bits per heavy atom. The van der Waals surface area contributed by atoms with E-state index in [2.05, 4.69) is 300 Å². The van der Waals surface area contributed by atoms with E-state index in [0.29, 0.717) is 0 Å². The van der Waals surface area contributed by atoms with Crippen molar-refractivity contribution in [2.45, 2.75) is 90.9 Å². The van der Waals surface area contributed by atoms with E-state index in [0.717, 1.165) is 0 Å². The van der Waals surface area contributed by atoms with Crippen LogP contribution in [0.1, 0.15) is 103 Å². The Morgan fingerprint density at radius 2 is 0.488 bits per heavy atom. The van der Waals surface area contributed by atoms with E-state index in [4.69, 9.17) is 0 Å². The third-order valence-electron chi connectivity index (χ3n) is 19.2. The SMILES string of the molecule is CC(C)(C)c1ccc(-c2ccc3ccc4c(-c5ccc(C(C)(C)C)cc5)ccc5ccc2c3c54)cc1.CC1(C)c2ccccc2-c2ccc(-c3ccc4ccc5c(-c6ccc7c(c6)C(C)(C)c6ccccc6-7)ccc6ccc3c4c65)cc21. The predicted octanol–water partition coefficient (Wildman–Crippen LogP) is 23.0. The van der Waals surface area contributed by atoms with Gasteiger partial charge in [0.2, 0.25) is 0 Å². The van der Waals surface area contributed by atoms with E-state index in [-0.39, 0.29) is 21.7 Å². The summed E-state index contributed by atoms with van der Waals surface area (Å²) >= 11 is 0. The summed E-state index contributed by atoms with van der Waals surface area (Å²) in [7, 11) is 0. The lowest BCUT2D eigenvalue weighted by molar-refractivity contribution is 0.590. The maximum Gasteiger partial charge on any atom is 0.0159 e. The molecule has 0 radical (unpaired) electrons. The third-order valence-corrected chi connectivity index (χ3v) is 19.2. The standard InChI is InChI=1S/C46H34.C36H34/c1-45(2)39-11-7-5-9-33(39)35-21-17-29(25-41(35)45)31-19-13-27-16-24-38-32(20-14-28-15-23-37(31)43(27)44(28)38)30-18-22-36-34-10-6-8-12-40(34)46(3,4)42(36)26-30;1-35(2,3)27-15-7-23(8-16-27)29-19-11-25-14-22-32-30(24-9-17-28(18-10-24)36(4,5)6)20-12-26-13-21-31(29)33(25)34(26)32/h5-26H,1-4H3;7-22H,1-6H3. The first kappa shape index (κ1) is 50.1. The molecule has 14 aromatic rings. The molecule has 82 heavy (non-hydrogen) atoms. The largest absolute Gasteiger partial charge is 0.0619 e. The molecule has 0 spiro atoms. The monoisotopic (exact) mass is 1050 g/mol. The molecule has 0 heterocycles. The van der Waals surface area contributed by atoms with E-state index in [1.54, 1.807) is 0 Å². The number of hydrogen-bond donors (Lipinski definition) is 0. The Labute approximate surface area is 483 Å². The van der Waals surface area contributed by atoms with E-state index in [9.17, 15) is 0 Å².